The standard InChI is InChI=1S/C28H26ClFN4O2.ClH/c1-17-15-26(34-25-7-3-2-5-21(17)25)32-18-8-10-19(11-9-18)33-27(35)22-6-4-14-31-28(22)36-20-12-13-24(30)23(29)16-20;/h2-7,12-16,18-19H,8-11H2,1H3,(H,32,34)(H,33,35);1H/t18-,19+;. The first-order chi connectivity index (χ1) is 17.5. The maximum absolute atomic E-state index is 13.5. The van der Waals surface area contributed by atoms with Crippen molar-refractivity contribution in [3.05, 3.63) is 88.8 Å². The van der Waals surface area contributed by atoms with Gasteiger partial charge in [-0.2, -0.15) is 0 Å². The summed E-state index contributed by atoms with van der Waals surface area (Å²) in [4.78, 5) is 22.0. The molecule has 2 N–H and O–H groups in total. The van der Waals surface area contributed by atoms with Crippen molar-refractivity contribution in [1.29, 1.82) is 0 Å². The molecule has 0 bridgehead atoms. The lowest BCUT2D eigenvalue weighted by Crippen LogP contribution is -2.40. The normalized spacial score (nSPS) is 17.1. The van der Waals surface area contributed by atoms with E-state index in [1.54, 1.807) is 12.1 Å². The number of nitrogens with zero attached hydrogens (tertiary/aromatic N) is 2. The van der Waals surface area contributed by atoms with Crippen molar-refractivity contribution in [1.82, 2.24) is 15.3 Å². The lowest BCUT2D eigenvalue weighted by atomic mass is 9.91. The molecule has 0 aliphatic heterocycles. The van der Waals surface area contributed by atoms with Gasteiger partial charge in [0.15, 0.2) is 0 Å². The molecule has 0 unspecified atom stereocenters. The van der Waals surface area contributed by atoms with E-state index in [-0.39, 0.29) is 35.3 Å². The van der Waals surface area contributed by atoms with Gasteiger partial charge < -0.3 is 15.4 Å². The summed E-state index contributed by atoms with van der Waals surface area (Å²) in [6.45, 7) is 2.10. The predicted molar refractivity (Wildman–Crippen MR) is 147 cm³/mol. The molecule has 1 aliphatic rings. The Morgan fingerprint density at radius 3 is 2.57 bits per heavy atom. The number of fused-ring (bicyclic) bond motifs is 1. The quantitative estimate of drug-likeness (QED) is 0.272. The zero-order valence-electron chi connectivity index (χ0n) is 20.2. The highest BCUT2D eigenvalue weighted by Gasteiger charge is 2.24. The molecule has 2 aromatic heterocycles. The molecular weight excluding hydrogens is 514 g/mol. The average molecular weight is 541 g/mol. The molecule has 37 heavy (non-hydrogen) atoms. The number of anilines is 1. The van der Waals surface area contributed by atoms with Gasteiger partial charge >= 0.3 is 0 Å². The summed E-state index contributed by atoms with van der Waals surface area (Å²) in [6.07, 6.45) is 5.07. The molecule has 2 aromatic carbocycles. The molecule has 0 saturated heterocycles. The first-order valence-corrected chi connectivity index (χ1v) is 12.4. The van der Waals surface area contributed by atoms with Crippen LogP contribution in [0, 0.1) is 12.7 Å². The van der Waals surface area contributed by atoms with Gasteiger partial charge in [0.25, 0.3) is 5.91 Å². The minimum atomic E-state index is -0.542. The number of halogens is 3. The Kier molecular flexibility index (Phi) is 8.46. The van der Waals surface area contributed by atoms with Gasteiger partial charge in [-0.3, -0.25) is 4.79 Å². The van der Waals surface area contributed by atoms with Gasteiger partial charge in [0, 0.05) is 29.7 Å². The lowest BCUT2D eigenvalue weighted by molar-refractivity contribution is 0.0923. The highest BCUT2D eigenvalue weighted by Crippen LogP contribution is 2.28. The minimum absolute atomic E-state index is 0. The van der Waals surface area contributed by atoms with E-state index in [4.69, 9.17) is 21.3 Å². The van der Waals surface area contributed by atoms with Crippen molar-refractivity contribution in [2.24, 2.45) is 0 Å². The average Bonchev–Trinajstić information content (AvgIpc) is 2.88. The van der Waals surface area contributed by atoms with Gasteiger partial charge in [-0.25, -0.2) is 14.4 Å². The fraction of sp³-hybridized carbons (Fsp3) is 0.250. The monoisotopic (exact) mass is 540 g/mol. The SMILES string of the molecule is Cc1cc(N[C@H]2CC[C@@H](NC(=O)c3cccnc3Oc3ccc(F)c(Cl)c3)CC2)nc2ccccc12.Cl. The number of benzene rings is 2. The summed E-state index contributed by atoms with van der Waals surface area (Å²) < 4.78 is 19.2. The second-order valence-electron chi connectivity index (χ2n) is 9.04. The molecule has 2 heterocycles. The Balaban J connectivity index is 0.00000320. The number of aromatic nitrogens is 2. The molecule has 1 amide bonds. The highest BCUT2D eigenvalue weighted by atomic mass is 35.5. The number of hydrogen-bond donors (Lipinski definition) is 2. The van der Waals surface area contributed by atoms with E-state index in [9.17, 15) is 9.18 Å². The fourth-order valence-corrected chi connectivity index (χ4v) is 4.75. The van der Waals surface area contributed by atoms with Crippen LogP contribution in [-0.4, -0.2) is 28.0 Å². The van der Waals surface area contributed by atoms with E-state index < -0.39 is 5.82 Å². The highest BCUT2D eigenvalue weighted by molar-refractivity contribution is 6.30. The molecule has 6 nitrogen and oxygen atoms in total. The van der Waals surface area contributed by atoms with Crippen molar-refractivity contribution in [3.8, 4) is 11.6 Å². The maximum atomic E-state index is 13.5. The van der Waals surface area contributed by atoms with Crippen LogP contribution in [0.5, 0.6) is 11.6 Å². The number of carbonyl (C=O) groups excluding carboxylic acids is 1. The molecular formula is C28H27Cl2FN4O2. The number of carbonyl (C=O) groups is 1. The number of amides is 1. The van der Waals surface area contributed by atoms with Crippen molar-refractivity contribution in [2.75, 3.05) is 5.32 Å². The lowest BCUT2D eigenvalue weighted by Gasteiger charge is -2.30. The molecule has 0 radical (unpaired) electrons. The zero-order chi connectivity index (χ0) is 25.1. The Bertz CT molecular complexity index is 1410. The van der Waals surface area contributed by atoms with Gasteiger partial charge in [0.05, 0.1) is 10.5 Å². The summed E-state index contributed by atoms with van der Waals surface area (Å²) in [5.74, 6) is 0.537. The van der Waals surface area contributed by atoms with E-state index >= 15 is 0 Å². The molecule has 0 atom stereocenters. The molecule has 1 aliphatic carbocycles. The van der Waals surface area contributed by atoms with E-state index in [0.717, 1.165) is 42.4 Å². The number of pyridine rings is 2. The van der Waals surface area contributed by atoms with Crippen LogP contribution in [0.15, 0.2) is 66.9 Å². The summed E-state index contributed by atoms with van der Waals surface area (Å²) in [7, 11) is 0. The number of para-hydroxylation sites is 1. The van der Waals surface area contributed by atoms with E-state index in [0.29, 0.717) is 17.4 Å². The molecule has 5 rings (SSSR count). The second-order valence-corrected chi connectivity index (χ2v) is 9.45. The summed E-state index contributed by atoms with van der Waals surface area (Å²) in [5.41, 5.74) is 2.49. The van der Waals surface area contributed by atoms with E-state index in [2.05, 4.69) is 34.7 Å². The van der Waals surface area contributed by atoms with Crippen LogP contribution in [0.2, 0.25) is 5.02 Å². The largest absolute Gasteiger partial charge is 0.438 e. The molecule has 9 heteroatoms. The maximum Gasteiger partial charge on any atom is 0.257 e. The van der Waals surface area contributed by atoms with Gasteiger partial charge in [-0.1, -0.05) is 29.8 Å². The summed E-state index contributed by atoms with van der Waals surface area (Å²) >= 11 is 5.84. The van der Waals surface area contributed by atoms with Crippen LogP contribution < -0.4 is 15.4 Å². The smallest absolute Gasteiger partial charge is 0.257 e. The Morgan fingerprint density at radius 1 is 1.03 bits per heavy atom. The number of hydrogen-bond acceptors (Lipinski definition) is 5. The topological polar surface area (TPSA) is 76.1 Å². The van der Waals surface area contributed by atoms with Gasteiger partial charge in [0.1, 0.15) is 22.9 Å². The first kappa shape index (κ1) is 26.6. The fourth-order valence-electron chi connectivity index (χ4n) is 4.57. The first-order valence-electron chi connectivity index (χ1n) is 12.0. The van der Waals surface area contributed by atoms with Crippen molar-refractivity contribution >= 4 is 46.6 Å². The Labute approximate surface area is 226 Å². The molecule has 1 saturated carbocycles. The van der Waals surface area contributed by atoms with E-state index in [1.807, 2.05) is 18.2 Å². The van der Waals surface area contributed by atoms with Gasteiger partial charge in [-0.05, 0) is 74.6 Å². The third-order valence-electron chi connectivity index (χ3n) is 6.46. The van der Waals surface area contributed by atoms with Crippen LogP contribution in [0.25, 0.3) is 10.9 Å². The van der Waals surface area contributed by atoms with Crippen LogP contribution in [-0.2, 0) is 0 Å². The number of nitrogens with one attached hydrogen (secondary N) is 2. The molecule has 192 valence electrons. The van der Waals surface area contributed by atoms with Crippen molar-refractivity contribution < 1.29 is 13.9 Å². The van der Waals surface area contributed by atoms with Crippen molar-refractivity contribution in [3.63, 3.8) is 0 Å². The second kappa shape index (κ2) is 11.8. The van der Waals surface area contributed by atoms with Crippen LogP contribution in [0.3, 0.4) is 0 Å². The molecule has 1 fully saturated rings. The van der Waals surface area contributed by atoms with Crippen molar-refractivity contribution in [2.45, 2.75) is 44.7 Å². The molecule has 0 spiro atoms. The number of ether oxygens (including phenoxy) is 1. The number of aryl methyl sites for hydroxylation is 1. The predicted octanol–water partition coefficient (Wildman–Crippen LogP) is 7.10. The Morgan fingerprint density at radius 2 is 1.78 bits per heavy atom. The van der Waals surface area contributed by atoms with Crippen LogP contribution in [0.1, 0.15) is 41.6 Å². The minimum Gasteiger partial charge on any atom is -0.438 e. The number of rotatable bonds is 6. The zero-order valence-corrected chi connectivity index (χ0v) is 21.8. The summed E-state index contributed by atoms with van der Waals surface area (Å²) in [5, 5.41) is 7.79. The van der Waals surface area contributed by atoms with Crippen LogP contribution >= 0.6 is 24.0 Å². The third kappa shape index (κ3) is 6.29. The van der Waals surface area contributed by atoms with Gasteiger partial charge in [0.2, 0.25) is 5.88 Å². The van der Waals surface area contributed by atoms with Gasteiger partial charge in [-0.15, -0.1) is 12.4 Å². The summed E-state index contributed by atoms with van der Waals surface area (Å²) in [6, 6.07) is 17.9. The third-order valence-corrected chi connectivity index (χ3v) is 6.75. The molecule has 4 aromatic rings. The van der Waals surface area contributed by atoms with E-state index in [1.165, 1.54) is 30.0 Å². The Hall–Kier alpha value is -3.42. The van der Waals surface area contributed by atoms with Crippen LogP contribution in [0.4, 0.5) is 10.2 Å².